The van der Waals surface area contributed by atoms with Crippen LogP contribution in [-0.4, -0.2) is 17.9 Å². The predicted molar refractivity (Wildman–Crippen MR) is 80.8 cm³/mol. The van der Waals surface area contributed by atoms with E-state index in [0.717, 1.165) is 5.76 Å². The predicted octanol–water partition coefficient (Wildman–Crippen LogP) is 2.57. The van der Waals surface area contributed by atoms with Crippen LogP contribution in [0, 0.1) is 0 Å². The van der Waals surface area contributed by atoms with E-state index in [-0.39, 0.29) is 11.8 Å². The summed E-state index contributed by atoms with van der Waals surface area (Å²) in [5.74, 6) is 1.05. The molecule has 2 amide bonds. The second kappa shape index (κ2) is 5.93. The lowest BCUT2D eigenvalue weighted by Gasteiger charge is -2.23. The van der Waals surface area contributed by atoms with E-state index in [1.165, 1.54) is 0 Å². The summed E-state index contributed by atoms with van der Waals surface area (Å²) in [6, 6.07) is 8.78. The molecule has 0 radical (unpaired) electrons. The van der Waals surface area contributed by atoms with Crippen LogP contribution in [0.2, 0.25) is 0 Å². The van der Waals surface area contributed by atoms with E-state index >= 15 is 0 Å². The Morgan fingerprint density at radius 1 is 1.36 bits per heavy atom. The van der Waals surface area contributed by atoms with Crippen LogP contribution < -0.4 is 15.4 Å². The molecule has 114 valence electrons. The Hall–Kier alpha value is -2.76. The maximum absolute atomic E-state index is 11.9. The van der Waals surface area contributed by atoms with Crippen molar-refractivity contribution in [2.24, 2.45) is 0 Å². The van der Waals surface area contributed by atoms with Gasteiger partial charge in [0, 0.05) is 18.5 Å². The standard InChI is InChI=1S/C16H16N2O4/c1-10-16(20)18-13-9-11(4-6-14(13)22-10)17-15(19)7-5-12-3-2-8-21-12/h2-4,6,8-10H,5,7H2,1H3,(H,17,19)(H,18,20)/t10-/m1/s1. The molecule has 0 aliphatic carbocycles. The molecule has 0 saturated carbocycles. The molecule has 1 aliphatic heterocycles. The number of benzene rings is 1. The molecule has 0 spiro atoms. The molecule has 1 aromatic heterocycles. The van der Waals surface area contributed by atoms with Gasteiger partial charge in [-0.2, -0.15) is 0 Å². The lowest BCUT2D eigenvalue weighted by Crippen LogP contribution is -2.34. The summed E-state index contributed by atoms with van der Waals surface area (Å²) in [5, 5.41) is 5.54. The molecule has 0 fully saturated rings. The molecule has 2 heterocycles. The fraction of sp³-hybridized carbons (Fsp3) is 0.250. The first kappa shape index (κ1) is 14.2. The average Bonchev–Trinajstić information content (AvgIpc) is 3.00. The van der Waals surface area contributed by atoms with Crippen molar-refractivity contribution in [3.63, 3.8) is 0 Å². The molecule has 0 unspecified atom stereocenters. The van der Waals surface area contributed by atoms with Crippen molar-refractivity contribution in [1.82, 2.24) is 0 Å². The molecule has 6 nitrogen and oxygen atoms in total. The minimum Gasteiger partial charge on any atom is -0.479 e. The minimum atomic E-state index is -0.513. The number of rotatable bonds is 4. The highest BCUT2D eigenvalue weighted by Gasteiger charge is 2.23. The van der Waals surface area contributed by atoms with Gasteiger partial charge in [0.15, 0.2) is 6.10 Å². The van der Waals surface area contributed by atoms with Crippen LogP contribution in [0.1, 0.15) is 19.1 Å². The van der Waals surface area contributed by atoms with Crippen LogP contribution in [0.4, 0.5) is 11.4 Å². The number of carbonyl (C=O) groups excluding carboxylic acids is 2. The molecule has 6 heteroatoms. The quantitative estimate of drug-likeness (QED) is 0.909. The van der Waals surface area contributed by atoms with Crippen molar-refractivity contribution >= 4 is 23.2 Å². The number of aryl methyl sites for hydroxylation is 1. The zero-order chi connectivity index (χ0) is 15.5. The highest BCUT2D eigenvalue weighted by atomic mass is 16.5. The van der Waals surface area contributed by atoms with Gasteiger partial charge >= 0.3 is 0 Å². The Labute approximate surface area is 127 Å². The van der Waals surface area contributed by atoms with Gasteiger partial charge in [0.25, 0.3) is 5.91 Å². The van der Waals surface area contributed by atoms with Gasteiger partial charge in [-0.1, -0.05) is 0 Å². The molecule has 2 aromatic rings. The lowest BCUT2D eigenvalue weighted by atomic mass is 10.2. The molecule has 1 aromatic carbocycles. The van der Waals surface area contributed by atoms with Gasteiger partial charge in [0.2, 0.25) is 5.91 Å². The SMILES string of the molecule is C[C@H]1Oc2ccc(NC(=O)CCc3ccco3)cc2NC1=O. The third-order valence-electron chi connectivity index (χ3n) is 3.37. The van der Waals surface area contributed by atoms with Gasteiger partial charge in [-0.15, -0.1) is 0 Å². The number of fused-ring (bicyclic) bond motifs is 1. The molecule has 1 aliphatic rings. The Kier molecular flexibility index (Phi) is 3.82. The number of hydrogen-bond donors (Lipinski definition) is 2. The molecular formula is C16H16N2O4. The summed E-state index contributed by atoms with van der Waals surface area (Å²) in [5.41, 5.74) is 1.17. The van der Waals surface area contributed by atoms with E-state index < -0.39 is 6.10 Å². The number of carbonyl (C=O) groups is 2. The van der Waals surface area contributed by atoms with E-state index in [0.29, 0.717) is 30.0 Å². The summed E-state index contributed by atoms with van der Waals surface area (Å²) in [6.45, 7) is 1.68. The van der Waals surface area contributed by atoms with Gasteiger partial charge in [0.1, 0.15) is 11.5 Å². The highest BCUT2D eigenvalue weighted by molar-refractivity contribution is 5.99. The van der Waals surface area contributed by atoms with Gasteiger partial charge < -0.3 is 19.8 Å². The van der Waals surface area contributed by atoms with Crippen LogP contribution in [0.5, 0.6) is 5.75 Å². The summed E-state index contributed by atoms with van der Waals surface area (Å²) in [7, 11) is 0. The maximum atomic E-state index is 11.9. The lowest BCUT2D eigenvalue weighted by molar-refractivity contribution is -0.122. The number of anilines is 2. The first-order valence-electron chi connectivity index (χ1n) is 7.05. The smallest absolute Gasteiger partial charge is 0.265 e. The third kappa shape index (κ3) is 3.11. The maximum Gasteiger partial charge on any atom is 0.265 e. The topological polar surface area (TPSA) is 80.6 Å². The monoisotopic (exact) mass is 300 g/mol. The van der Waals surface area contributed by atoms with Crippen LogP contribution in [0.25, 0.3) is 0 Å². The highest BCUT2D eigenvalue weighted by Crippen LogP contribution is 2.32. The zero-order valence-corrected chi connectivity index (χ0v) is 12.1. The molecule has 3 rings (SSSR count). The Morgan fingerprint density at radius 3 is 3.00 bits per heavy atom. The van der Waals surface area contributed by atoms with Crippen molar-refractivity contribution < 1.29 is 18.7 Å². The molecule has 0 saturated heterocycles. The summed E-state index contributed by atoms with van der Waals surface area (Å²) in [6.07, 6.45) is 1.94. The fourth-order valence-electron chi connectivity index (χ4n) is 2.20. The van der Waals surface area contributed by atoms with Gasteiger partial charge in [-0.05, 0) is 37.3 Å². The van der Waals surface area contributed by atoms with Gasteiger partial charge in [0.05, 0.1) is 12.0 Å². The van der Waals surface area contributed by atoms with Crippen molar-refractivity contribution in [2.45, 2.75) is 25.9 Å². The van der Waals surface area contributed by atoms with Crippen molar-refractivity contribution in [1.29, 1.82) is 0 Å². The number of amides is 2. The Balaban J connectivity index is 1.62. The van der Waals surface area contributed by atoms with Crippen molar-refractivity contribution in [2.75, 3.05) is 10.6 Å². The van der Waals surface area contributed by atoms with Crippen LogP contribution in [0.15, 0.2) is 41.0 Å². The van der Waals surface area contributed by atoms with Gasteiger partial charge in [-0.25, -0.2) is 0 Å². The van der Waals surface area contributed by atoms with Gasteiger partial charge in [-0.3, -0.25) is 9.59 Å². The Morgan fingerprint density at radius 2 is 2.23 bits per heavy atom. The van der Waals surface area contributed by atoms with E-state index in [2.05, 4.69) is 10.6 Å². The molecule has 1 atom stereocenters. The summed E-state index contributed by atoms with van der Waals surface area (Å²) < 4.78 is 10.6. The summed E-state index contributed by atoms with van der Waals surface area (Å²) in [4.78, 5) is 23.5. The molecule has 2 N–H and O–H groups in total. The fourth-order valence-corrected chi connectivity index (χ4v) is 2.20. The number of furan rings is 1. The van der Waals surface area contributed by atoms with Crippen LogP contribution >= 0.6 is 0 Å². The van der Waals surface area contributed by atoms with Crippen LogP contribution in [0.3, 0.4) is 0 Å². The second-order valence-corrected chi connectivity index (χ2v) is 5.09. The van der Waals surface area contributed by atoms with Crippen molar-refractivity contribution in [3.05, 3.63) is 42.4 Å². The zero-order valence-electron chi connectivity index (χ0n) is 12.1. The molecular weight excluding hydrogens is 284 g/mol. The largest absolute Gasteiger partial charge is 0.479 e. The van der Waals surface area contributed by atoms with Crippen molar-refractivity contribution in [3.8, 4) is 5.75 Å². The van der Waals surface area contributed by atoms with Crippen LogP contribution in [-0.2, 0) is 16.0 Å². The number of ether oxygens (including phenoxy) is 1. The first-order chi connectivity index (χ1) is 10.6. The normalized spacial score (nSPS) is 16.4. The molecule has 22 heavy (non-hydrogen) atoms. The number of nitrogens with one attached hydrogen (secondary N) is 2. The minimum absolute atomic E-state index is 0.118. The van der Waals surface area contributed by atoms with E-state index in [1.807, 2.05) is 6.07 Å². The van der Waals surface area contributed by atoms with E-state index in [1.54, 1.807) is 37.5 Å². The summed E-state index contributed by atoms with van der Waals surface area (Å²) >= 11 is 0. The Bertz CT molecular complexity index is 694. The average molecular weight is 300 g/mol. The molecule has 0 bridgehead atoms. The third-order valence-corrected chi connectivity index (χ3v) is 3.37. The number of hydrogen-bond acceptors (Lipinski definition) is 4. The van der Waals surface area contributed by atoms with E-state index in [4.69, 9.17) is 9.15 Å². The first-order valence-corrected chi connectivity index (χ1v) is 7.05. The second-order valence-electron chi connectivity index (χ2n) is 5.09. The van der Waals surface area contributed by atoms with E-state index in [9.17, 15) is 9.59 Å².